The van der Waals surface area contributed by atoms with Crippen molar-refractivity contribution in [3.8, 4) is 5.75 Å². The number of nitrogens with one attached hydrogen (secondary N) is 3. The number of rotatable bonds is 8. The second-order valence-electron chi connectivity index (χ2n) is 6.97. The van der Waals surface area contributed by atoms with Crippen molar-refractivity contribution in [1.82, 2.24) is 5.32 Å². The molecule has 2 aromatic rings. The van der Waals surface area contributed by atoms with E-state index in [9.17, 15) is 18.0 Å². The monoisotopic (exact) mass is 495 g/mol. The van der Waals surface area contributed by atoms with Crippen LogP contribution in [0.4, 0.5) is 11.4 Å². The first-order valence-corrected chi connectivity index (χ1v) is 11.5. The summed E-state index contributed by atoms with van der Waals surface area (Å²) in [6.45, 7) is 1.58. The lowest BCUT2D eigenvalue weighted by Crippen LogP contribution is -2.42. The first-order chi connectivity index (χ1) is 14.2. The summed E-state index contributed by atoms with van der Waals surface area (Å²) < 4.78 is 34.3. The van der Waals surface area contributed by atoms with Gasteiger partial charge in [0.25, 0.3) is 10.0 Å². The Hall–Kier alpha value is -2.59. The molecule has 0 aliphatic heterocycles. The van der Waals surface area contributed by atoms with Gasteiger partial charge >= 0.3 is 0 Å². The first kappa shape index (κ1) is 22.1. The van der Waals surface area contributed by atoms with E-state index in [4.69, 9.17) is 4.74 Å². The lowest BCUT2D eigenvalue weighted by molar-refractivity contribution is -0.127. The maximum absolute atomic E-state index is 12.9. The number of halogens is 1. The minimum atomic E-state index is -3.98. The molecule has 1 atom stereocenters. The van der Waals surface area contributed by atoms with E-state index in [1.54, 1.807) is 31.2 Å². The molecule has 3 rings (SSSR count). The molecule has 1 saturated carbocycles. The van der Waals surface area contributed by atoms with Gasteiger partial charge in [0.2, 0.25) is 11.8 Å². The van der Waals surface area contributed by atoms with Gasteiger partial charge in [0.1, 0.15) is 16.7 Å². The number of methoxy groups -OCH3 is 1. The Morgan fingerprint density at radius 2 is 1.73 bits per heavy atom. The Kier molecular flexibility index (Phi) is 6.67. The van der Waals surface area contributed by atoms with Crippen molar-refractivity contribution in [2.24, 2.45) is 5.92 Å². The molecule has 1 aliphatic rings. The molecule has 3 N–H and O–H groups in total. The van der Waals surface area contributed by atoms with Crippen molar-refractivity contribution in [2.75, 3.05) is 17.1 Å². The summed E-state index contributed by atoms with van der Waals surface area (Å²) in [6.07, 6.45) is 1.68. The van der Waals surface area contributed by atoms with Gasteiger partial charge in [-0.05, 0) is 62.2 Å². The third kappa shape index (κ3) is 5.51. The number of benzene rings is 2. The molecule has 1 fully saturated rings. The van der Waals surface area contributed by atoms with E-state index in [0.29, 0.717) is 5.69 Å². The highest BCUT2D eigenvalue weighted by Crippen LogP contribution is 2.30. The van der Waals surface area contributed by atoms with Crippen LogP contribution in [0, 0.1) is 5.92 Å². The molecule has 0 aromatic heterocycles. The van der Waals surface area contributed by atoms with Gasteiger partial charge in [0.05, 0.1) is 7.11 Å². The van der Waals surface area contributed by atoms with Crippen LogP contribution in [-0.4, -0.2) is 33.4 Å². The largest absolute Gasteiger partial charge is 0.495 e. The number of amides is 2. The quantitative estimate of drug-likeness (QED) is 0.520. The summed E-state index contributed by atoms with van der Waals surface area (Å²) in [5.41, 5.74) is 0.649. The summed E-state index contributed by atoms with van der Waals surface area (Å²) >= 11 is 3.30. The number of hydrogen-bond donors (Lipinski definition) is 3. The zero-order valence-corrected chi connectivity index (χ0v) is 18.8. The summed E-state index contributed by atoms with van der Waals surface area (Å²) in [5, 5.41) is 5.29. The lowest BCUT2D eigenvalue weighted by atomic mass is 10.2. The second kappa shape index (κ2) is 9.05. The van der Waals surface area contributed by atoms with Crippen LogP contribution < -0.4 is 20.1 Å². The van der Waals surface area contributed by atoms with Crippen LogP contribution in [0.25, 0.3) is 0 Å². The number of carbonyl (C=O) groups is 2. The number of ether oxygens (including phenoxy) is 1. The van der Waals surface area contributed by atoms with Crippen LogP contribution in [0.5, 0.6) is 5.75 Å². The predicted molar refractivity (Wildman–Crippen MR) is 117 cm³/mol. The molecule has 0 radical (unpaired) electrons. The van der Waals surface area contributed by atoms with Gasteiger partial charge in [0.15, 0.2) is 0 Å². The van der Waals surface area contributed by atoms with Crippen LogP contribution in [-0.2, 0) is 19.6 Å². The summed E-state index contributed by atoms with van der Waals surface area (Å²) in [4.78, 5) is 24.1. The van der Waals surface area contributed by atoms with Gasteiger partial charge in [-0.1, -0.05) is 15.9 Å². The van der Waals surface area contributed by atoms with Crippen molar-refractivity contribution < 1.29 is 22.7 Å². The van der Waals surface area contributed by atoms with Crippen LogP contribution in [0.2, 0.25) is 0 Å². The Bertz CT molecular complexity index is 1050. The number of anilines is 2. The minimum Gasteiger partial charge on any atom is -0.495 e. The topological polar surface area (TPSA) is 114 Å². The number of carbonyl (C=O) groups excluding carboxylic acids is 2. The molecule has 2 amide bonds. The van der Waals surface area contributed by atoms with Crippen LogP contribution >= 0.6 is 15.9 Å². The molecule has 30 heavy (non-hydrogen) atoms. The minimum absolute atomic E-state index is 0.0114. The average molecular weight is 496 g/mol. The van der Waals surface area contributed by atoms with Crippen LogP contribution in [0.1, 0.15) is 19.8 Å². The SMILES string of the molecule is COc1ccc(NC(=O)C(C)NC(=O)C2CC2)cc1S(=O)(=O)Nc1ccc(Br)cc1. The normalized spacial score (nSPS) is 14.5. The fraction of sp³-hybridized carbons (Fsp3) is 0.300. The van der Waals surface area contributed by atoms with E-state index >= 15 is 0 Å². The third-order valence-electron chi connectivity index (χ3n) is 4.52. The zero-order chi connectivity index (χ0) is 21.9. The fourth-order valence-electron chi connectivity index (χ4n) is 2.69. The molecule has 0 saturated heterocycles. The molecule has 0 spiro atoms. The van der Waals surface area contributed by atoms with Gasteiger partial charge in [-0.25, -0.2) is 8.42 Å². The molecule has 1 unspecified atom stereocenters. The first-order valence-electron chi connectivity index (χ1n) is 9.27. The number of sulfonamides is 1. The van der Waals surface area contributed by atoms with E-state index < -0.39 is 22.0 Å². The predicted octanol–water partition coefficient (Wildman–Crippen LogP) is 3.11. The Labute approximate surface area is 183 Å². The second-order valence-corrected chi connectivity index (χ2v) is 9.54. The molecule has 160 valence electrons. The lowest BCUT2D eigenvalue weighted by Gasteiger charge is -2.16. The molecule has 1 aliphatic carbocycles. The van der Waals surface area contributed by atoms with Crippen molar-refractivity contribution in [3.63, 3.8) is 0 Å². The fourth-order valence-corrected chi connectivity index (χ4v) is 4.20. The summed E-state index contributed by atoms with van der Waals surface area (Å²) in [5.74, 6) is -0.469. The van der Waals surface area contributed by atoms with Gasteiger partial charge in [0, 0.05) is 21.8 Å². The molecule has 0 bridgehead atoms. The van der Waals surface area contributed by atoms with Crippen molar-refractivity contribution in [2.45, 2.75) is 30.7 Å². The van der Waals surface area contributed by atoms with Gasteiger partial charge in [-0.2, -0.15) is 0 Å². The van der Waals surface area contributed by atoms with Crippen molar-refractivity contribution in [3.05, 3.63) is 46.9 Å². The molecule has 2 aromatic carbocycles. The van der Waals surface area contributed by atoms with E-state index in [2.05, 4.69) is 31.3 Å². The highest BCUT2D eigenvalue weighted by molar-refractivity contribution is 9.10. The standard InChI is InChI=1S/C20H22BrN3O5S/c1-12(22-20(26)13-3-4-13)19(25)23-16-9-10-17(29-2)18(11-16)30(27,28)24-15-7-5-14(21)6-8-15/h5-13,24H,3-4H2,1-2H3,(H,22,26)(H,23,25). The van der Waals surface area contributed by atoms with E-state index in [-0.39, 0.29) is 28.2 Å². The summed E-state index contributed by atoms with van der Waals surface area (Å²) in [6, 6.07) is 10.2. The maximum atomic E-state index is 12.9. The molecular formula is C20H22BrN3O5S. The van der Waals surface area contributed by atoms with E-state index in [0.717, 1.165) is 17.3 Å². The Morgan fingerprint density at radius 3 is 2.33 bits per heavy atom. The van der Waals surface area contributed by atoms with Gasteiger partial charge < -0.3 is 15.4 Å². The average Bonchev–Trinajstić information content (AvgIpc) is 3.55. The van der Waals surface area contributed by atoms with Crippen LogP contribution in [0.15, 0.2) is 51.8 Å². The molecule has 0 heterocycles. The van der Waals surface area contributed by atoms with E-state index in [1.807, 2.05) is 0 Å². The van der Waals surface area contributed by atoms with E-state index in [1.165, 1.54) is 25.3 Å². The maximum Gasteiger partial charge on any atom is 0.265 e. The van der Waals surface area contributed by atoms with Gasteiger partial charge in [-0.3, -0.25) is 14.3 Å². The third-order valence-corrected chi connectivity index (χ3v) is 6.45. The summed E-state index contributed by atoms with van der Waals surface area (Å²) in [7, 11) is -2.62. The zero-order valence-electron chi connectivity index (χ0n) is 16.4. The Morgan fingerprint density at radius 1 is 1.10 bits per heavy atom. The molecular weight excluding hydrogens is 474 g/mol. The smallest absolute Gasteiger partial charge is 0.265 e. The van der Waals surface area contributed by atoms with Gasteiger partial charge in [-0.15, -0.1) is 0 Å². The molecule has 10 heteroatoms. The van der Waals surface area contributed by atoms with Crippen LogP contribution in [0.3, 0.4) is 0 Å². The van der Waals surface area contributed by atoms with Crippen molar-refractivity contribution in [1.29, 1.82) is 0 Å². The Balaban J connectivity index is 1.77. The highest BCUT2D eigenvalue weighted by Gasteiger charge is 2.31. The van der Waals surface area contributed by atoms with Crippen molar-refractivity contribution >= 4 is 49.1 Å². The highest BCUT2D eigenvalue weighted by atomic mass is 79.9. The number of hydrogen-bond acceptors (Lipinski definition) is 5. The molecule has 8 nitrogen and oxygen atoms in total.